The first-order chi connectivity index (χ1) is 9.22. The van der Waals surface area contributed by atoms with Crippen LogP contribution in [0.15, 0.2) is 18.2 Å². The van der Waals surface area contributed by atoms with E-state index in [2.05, 4.69) is 36.2 Å². The SMILES string of the molecule is CCN(Cc1ccc(C#N)cc1C)CC1CCCN1. The Morgan fingerprint density at radius 3 is 2.89 bits per heavy atom. The lowest BCUT2D eigenvalue weighted by atomic mass is 10.0. The van der Waals surface area contributed by atoms with Gasteiger partial charge in [0.25, 0.3) is 0 Å². The third kappa shape index (κ3) is 3.79. The van der Waals surface area contributed by atoms with Crippen molar-refractivity contribution in [2.75, 3.05) is 19.6 Å². The Bertz CT molecular complexity index is 456. The van der Waals surface area contributed by atoms with Gasteiger partial charge in [-0.15, -0.1) is 0 Å². The molecule has 0 saturated carbocycles. The van der Waals surface area contributed by atoms with Crippen LogP contribution in [0, 0.1) is 18.3 Å². The van der Waals surface area contributed by atoms with Gasteiger partial charge in [0, 0.05) is 19.1 Å². The van der Waals surface area contributed by atoms with Gasteiger partial charge in [-0.3, -0.25) is 4.90 Å². The zero-order valence-electron chi connectivity index (χ0n) is 11.9. The molecule has 1 aromatic carbocycles. The standard InChI is InChI=1S/C16H23N3/c1-3-19(12-16-5-4-8-18-16)11-15-7-6-14(10-17)9-13(15)2/h6-7,9,16,18H,3-5,8,11-12H2,1-2H3. The molecule has 0 amide bonds. The highest BCUT2D eigenvalue weighted by Crippen LogP contribution is 2.15. The van der Waals surface area contributed by atoms with Gasteiger partial charge in [-0.1, -0.05) is 13.0 Å². The fourth-order valence-electron chi connectivity index (χ4n) is 2.71. The number of aryl methyl sites for hydroxylation is 1. The van der Waals surface area contributed by atoms with Gasteiger partial charge < -0.3 is 5.32 Å². The molecule has 1 aliphatic heterocycles. The molecule has 3 heteroatoms. The van der Waals surface area contributed by atoms with Gasteiger partial charge in [0.05, 0.1) is 11.6 Å². The maximum Gasteiger partial charge on any atom is 0.0991 e. The summed E-state index contributed by atoms with van der Waals surface area (Å²) in [7, 11) is 0. The highest BCUT2D eigenvalue weighted by molar-refractivity contribution is 5.37. The highest BCUT2D eigenvalue weighted by Gasteiger charge is 2.17. The lowest BCUT2D eigenvalue weighted by Gasteiger charge is -2.25. The first-order valence-corrected chi connectivity index (χ1v) is 7.18. The second kappa shape index (κ2) is 6.70. The molecular weight excluding hydrogens is 234 g/mol. The molecule has 1 aromatic rings. The van der Waals surface area contributed by atoms with Gasteiger partial charge in [0.15, 0.2) is 0 Å². The summed E-state index contributed by atoms with van der Waals surface area (Å²) in [6, 6.07) is 8.85. The molecule has 0 spiro atoms. The molecule has 1 N–H and O–H groups in total. The molecule has 19 heavy (non-hydrogen) atoms. The summed E-state index contributed by atoms with van der Waals surface area (Å²) >= 11 is 0. The second-order valence-electron chi connectivity index (χ2n) is 5.37. The molecule has 1 fully saturated rings. The maximum atomic E-state index is 8.90. The molecule has 1 heterocycles. The van der Waals surface area contributed by atoms with Crippen LogP contribution >= 0.6 is 0 Å². The Kier molecular flexibility index (Phi) is 4.95. The summed E-state index contributed by atoms with van der Waals surface area (Å²) in [5, 5.41) is 12.5. The predicted octanol–water partition coefficient (Wildman–Crippen LogP) is 2.44. The number of nitriles is 1. The molecule has 0 bridgehead atoms. The third-order valence-electron chi connectivity index (χ3n) is 3.95. The van der Waals surface area contributed by atoms with E-state index >= 15 is 0 Å². The average molecular weight is 257 g/mol. The Labute approximate surface area is 116 Å². The molecule has 2 rings (SSSR count). The van der Waals surface area contributed by atoms with Crippen LogP contribution in [-0.2, 0) is 6.54 Å². The van der Waals surface area contributed by atoms with Crippen molar-refractivity contribution in [2.45, 2.75) is 39.3 Å². The molecule has 1 saturated heterocycles. The van der Waals surface area contributed by atoms with Crippen molar-refractivity contribution in [1.82, 2.24) is 10.2 Å². The molecule has 3 nitrogen and oxygen atoms in total. The van der Waals surface area contributed by atoms with Crippen molar-refractivity contribution in [3.63, 3.8) is 0 Å². The number of rotatable bonds is 5. The van der Waals surface area contributed by atoms with Gasteiger partial charge in [-0.2, -0.15) is 5.26 Å². The minimum Gasteiger partial charge on any atom is -0.313 e. The van der Waals surface area contributed by atoms with E-state index in [1.54, 1.807) is 0 Å². The van der Waals surface area contributed by atoms with E-state index in [1.165, 1.54) is 24.0 Å². The molecular formula is C16H23N3. The molecule has 1 unspecified atom stereocenters. The second-order valence-corrected chi connectivity index (χ2v) is 5.37. The Morgan fingerprint density at radius 1 is 1.47 bits per heavy atom. The predicted molar refractivity (Wildman–Crippen MR) is 77.9 cm³/mol. The third-order valence-corrected chi connectivity index (χ3v) is 3.95. The lowest BCUT2D eigenvalue weighted by molar-refractivity contribution is 0.253. The maximum absolute atomic E-state index is 8.90. The Morgan fingerprint density at radius 2 is 2.32 bits per heavy atom. The van der Waals surface area contributed by atoms with Gasteiger partial charge in [0.2, 0.25) is 0 Å². The van der Waals surface area contributed by atoms with Crippen LogP contribution in [-0.4, -0.2) is 30.6 Å². The largest absolute Gasteiger partial charge is 0.313 e. The average Bonchev–Trinajstić information content (AvgIpc) is 2.92. The van der Waals surface area contributed by atoms with E-state index < -0.39 is 0 Å². The Balaban J connectivity index is 1.99. The number of likely N-dealkylation sites (N-methyl/N-ethyl adjacent to an activating group) is 1. The number of hydrogen-bond donors (Lipinski definition) is 1. The number of nitrogens with zero attached hydrogens (tertiary/aromatic N) is 2. The first kappa shape index (κ1) is 14.0. The lowest BCUT2D eigenvalue weighted by Crippen LogP contribution is -2.37. The molecule has 102 valence electrons. The van der Waals surface area contributed by atoms with Crippen molar-refractivity contribution in [3.8, 4) is 6.07 Å². The fraction of sp³-hybridized carbons (Fsp3) is 0.562. The van der Waals surface area contributed by atoms with Crippen LogP contribution in [0.3, 0.4) is 0 Å². The van der Waals surface area contributed by atoms with Crippen LogP contribution < -0.4 is 5.32 Å². The molecule has 1 atom stereocenters. The smallest absolute Gasteiger partial charge is 0.0991 e. The van der Waals surface area contributed by atoms with E-state index in [0.29, 0.717) is 6.04 Å². The topological polar surface area (TPSA) is 39.1 Å². The van der Waals surface area contributed by atoms with E-state index in [9.17, 15) is 0 Å². The highest BCUT2D eigenvalue weighted by atomic mass is 15.1. The molecule has 0 radical (unpaired) electrons. The fourth-order valence-corrected chi connectivity index (χ4v) is 2.71. The quantitative estimate of drug-likeness (QED) is 0.880. The van der Waals surface area contributed by atoms with Gasteiger partial charge >= 0.3 is 0 Å². The van der Waals surface area contributed by atoms with Crippen molar-refractivity contribution in [3.05, 3.63) is 34.9 Å². The van der Waals surface area contributed by atoms with Crippen molar-refractivity contribution in [1.29, 1.82) is 5.26 Å². The zero-order chi connectivity index (χ0) is 13.7. The minimum atomic E-state index is 0.652. The van der Waals surface area contributed by atoms with Gasteiger partial charge in [-0.05, 0) is 56.1 Å². The minimum absolute atomic E-state index is 0.652. The summed E-state index contributed by atoms with van der Waals surface area (Å²) in [5.74, 6) is 0. The van der Waals surface area contributed by atoms with Crippen LogP contribution in [0.1, 0.15) is 36.5 Å². The molecule has 0 aliphatic carbocycles. The first-order valence-electron chi connectivity index (χ1n) is 7.18. The van der Waals surface area contributed by atoms with E-state index in [0.717, 1.165) is 31.7 Å². The molecule has 1 aliphatic rings. The summed E-state index contributed by atoms with van der Waals surface area (Å²) < 4.78 is 0. The van der Waals surface area contributed by atoms with Crippen molar-refractivity contribution >= 4 is 0 Å². The van der Waals surface area contributed by atoms with Gasteiger partial charge in [0.1, 0.15) is 0 Å². The van der Waals surface area contributed by atoms with Crippen molar-refractivity contribution < 1.29 is 0 Å². The Hall–Kier alpha value is -1.37. The van der Waals surface area contributed by atoms with E-state index in [1.807, 2.05) is 12.1 Å². The summed E-state index contributed by atoms with van der Waals surface area (Å²) in [6.45, 7) is 8.64. The summed E-state index contributed by atoms with van der Waals surface area (Å²) in [5.41, 5.74) is 3.30. The number of hydrogen-bond acceptors (Lipinski definition) is 3. The monoisotopic (exact) mass is 257 g/mol. The van der Waals surface area contributed by atoms with Gasteiger partial charge in [-0.25, -0.2) is 0 Å². The van der Waals surface area contributed by atoms with E-state index in [4.69, 9.17) is 5.26 Å². The van der Waals surface area contributed by atoms with Crippen LogP contribution in [0.4, 0.5) is 0 Å². The number of nitrogens with one attached hydrogen (secondary N) is 1. The van der Waals surface area contributed by atoms with Crippen LogP contribution in [0.2, 0.25) is 0 Å². The zero-order valence-corrected chi connectivity index (χ0v) is 11.9. The van der Waals surface area contributed by atoms with Crippen molar-refractivity contribution in [2.24, 2.45) is 0 Å². The summed E-state index contributed by atoms with van der Waals surface area (Å²) in [4.78, 5) is 2.48. The number of benzene rings is 1. The van der Waals surface area contributed by atoms with Crippen LogP contribution in [0.5, 0.6) is 0 Å². The normalized spacial score (nSPS) is 18.7. The summed E-state index contributed by atoms with van der Waals surface area (Å²) in [6.07, 6.45) is 2.60. The van der Waals surface area contributed by atoms with Crippen LogP contribution in [0.25, 0.3) is 0 Å². The molecule has 0 aromatic heterocycles. The van der Waals surface area contributed by atoms with E-state index in [-0.39, 0.29) is 0 Å².